The highest BCUT2D eigenvalue weighted by molar-refractivity contribution is 7.93. The summed E-state index contributed by atoms with van der Waals surface area (Å²) in [7, 11) is -0.343. The van der Waals surface area contributed by atoms with Crippen LogP contribution in [0, 0.1) is 0 Å². The van der Waals surface area contributed by atoms with E-state index in [1.807, 2.05) is 0 Å². The molecule has 7 heteroatoms. The van der Waals surface area contributed by atoms with Gasteiger partial charge in [-0.1, -0.05) is 0 Å². The molecule has 0 aromatic heterocycles. The molecule has 1 saturated heterocycles. The molecular formula is C12H18N2O4S. The summed E-state index contributed by atoms with van der Waals surface area (Å²) in [6.45, 7) is 1.21. The monoisotopic (exact) mass is 286 g/mol. The van der Waals surface area contributed by atoms with Crippen molar-refractivity contribution in [3.63, 3.8) is 0 Å². The van der Waals surface area contributed by atoms with E-state index in [4.69, 9.17) is 9.47 Å². The molecule has 1 unspecified atom stereocenters. The Morgan fingerprint density at radius 3 is 2.32 bits per heavy atom. The second kappa shape index (κ2) is 5.66. The van der Waals surface area contributed by atoms with Gasteiger partial charge in [-0.2, -0.15) is 0 Å². The third-order valence-electron chi connectivity index (χ3n) is 3.07. The zero-order valence-corrected chi connectivity index (χ0v) is 11.8. The molecule has 1 heterocycles. The SMILES string of the molecule is COc1cc(NS(=O)(=O)C2CCNC2)cc(OC)c1. The van der Waals surface area contributed by atoms with E-state index in [-0.39, 0.29) is 0 Å². The van der Waals surface area contributed by atoms with Gasteiger partial charge in [-0.05, 0) is 13.0 Å². The standard InChI is InChI=1S/C12H18N2O4S/c1-17-10-5-9(6-11(7-10)18-2)14-19(15,16)12-3-4-13-8-12/h5-7,12-14H,3-4,8H2,1-2H3. The number of ether oxygens (including phenoxy) is 2. The fourth-order valence-corrected chi connectivity index (χ4v) is 3.39. The van der Waals surface area contributed by atoms with E-state index < -0.39 is 15.3 Å². The summed E-state index contributed by atoms with van der Waals surface area (Å²) in [5.74, 6) is 1.09. The maximum Gasteiger partial charge on any atom is 0.236 e. The first-order valence-electron chi connectivity index (χ1n) is 6.00. The summed E-state index contributed by atoms with van der Waals surface area (Å²) >= 11 is 0. The quantitative estimate of drug-likeness (QED) is 0.837. The molecule has 0 spiro atoms. The van der Waals surface area contributed by atoms with Gasteiger partial charge in [0.25, 0.3) is 0 Å². The maximum atomic E-state index is 12.2. The van der Waals surface area contributed by atoms with Crippen molar-refractivity contribution in [2.75, 3.05) is 32.0 Å². The molecule has 0 bridgehead atoms. The number of anilines is 1. The van der Waals surface area contributed by atoms with E-state index in [1.165, 1.54) is 14.2 Å². The van der Waals surface area contributed by atoms with Crippen LogP contribution in [-0.4, -0.2) is 41.0 Å². The summed E-state index contributed by atoms with van der Waals surface area (Å²) < 4.78 is 37.1. The minimum atomic E-state index is -3.39. The average Bonchev–Trinajstić information content (AvgIpc) is 2.92. The number of hydrogen-bond donors (Lipinski definition) is 2. The summed E-state index contributed by atoms with van der Waals surface area (Å²) in [5, 5.41) is 2.64. The number of nitrogens with one attached hydrogen (secondary N) is 2. The van der Waals surface area contributed by atoms with Crippen molar-refractivity contribution < 1.29 is 17.9 Å². The fourth-order valence-electron chi connectivity index (χ4n) is 2.01. The lowest BCUT2D eigenvalue weighted by molar-refractivity contribution is 0.395. The second-order valence-electron chi connectivity index (χ2n) is 4.36. The predicted molar refractivity (Wildman–Crippen MR) is 73.4 cm³/mol. The van der Waals surface area contributed by atoms with Gasteiger partial charge in [-0.15, -0.1) is 0 Å². The normalized spacial score (nSPS) is 19.2. The number of hydrogen-bond acceptors (Lipinski definition) is 5. The molecule has 1 aliphatic heterocycles. The first kappa shape index (κ1) is 14.0. The highest BCUT2D eigenvalue weighted by atomic mass is 32.2. The van der Waals surface area contributed by atoms with Gasteiger partial charge in [0.1, 0.15) is 11.5 Å². The molecule has 0 radical (unpaired) electrons. The van der Waals surface area contributed by atoms with Crippen LogP contribution < -0.4 is 19.5 Å². The van der Waals surface area contributed by atoms with Crippen molar-refractivity contribution in [1.82, 2.24) is 5.32 Å². The lowest BCUT2D eigenvalue weighted by Crippen LogP contribution is -2.29. The molecule has 1 fully saturated rings. The van der Waals surface area contributed by atoms with E-state index in [2.05, 4.69) is 10.0 Å². The molecule has 0 aliphatic carbocycles. The summed E-state index contributed by atoms with van der Waals surface area (Å²) in [6.07, 6.45) is 0.621. The van der Waals surface area contributed by atoms with Gasteiger partial charge >= 0.3 is 0 Å². The first-order chi connectivity index (χ1) is 9.05. The molecule has 106 valence electrons. The zero-order chi connectivity index (χ0) is 13.9. The number of sulfonamides is 1. The van der Waals surface area contributed by atoms with Gasteiger partial charge in [-0.25, -0.2) is 8.42 Å². The van der Waals surface area contributed by atoms with Crippen molar-refractivity contribution in [2.45, 2.75) is 11.7 Å². The first-order valence-corrected chi connectivity index (χ1v) is 7.55. The van der Waals surface area contributed by atoms with Crippen molar-refractivity contribution in [2.24, 2.45) is 0 Å². The summed E-state index contributed by atoms with van der Waals surface area (Å²) in [5.41, 5.74) is 0.447. The van der Waals surface area contributed by atoms with Crippen molar-refractivity contribution in [3.8, 4) is 11.5 Å². The molecule has 1 aromatic carbocycles. The molecule has 0 saturated carbocycles. The largest absolute Gasteiger partial charge is 0.497 e. The molecule has 2 rings (SSSR count). The van der Waals surface area contributed by atoms with Crippen LogP contribution in [0.2, 0.25) is 0 Å². The number of methoxy groups -OCH3 is 2. The van der Waals surface area contributed by atoms with Crippen molar-refractivity contribution in [1.29, 1.82) is 0 Å². The Bertz CT molecular complexity index is 516. The van der Waals surface area contributed by atoms with Gasteiger partial charge in [0, 0.05) is 24.7 Å². The van der Waals surface area contributed by atoms with Gasteiger partial charge in [-0.3, -0.25) is 4.72 Å². The third-order valence-corrected chi connectivity index (χ3v) is 4.87. The van der Waals surface area contributed by atoms with E-state index in [1.54, 1.807) is 18.2 Å². The molecule has 1 aliphatic rings. The van der Waals surface area contributed by atoms with E-state index in [0.29, 0.717) is 30.2 Å². The van der Waals surface area contributed by atoms with Gasteiger partial charge in [0.2, 0.25) is 10.0 Å². The summed E-state index contributed by atoms with van der Waals surface area (Å²) in [6, 6.07) is 4.94. The van der Waals surface area contributed by atoms with E-state index in [0.717, 1.165) is 6.54 Å². The molecule has 0 amide bonds. The van der Waals surface area contributed by atoms with Crippen LogP contribution in [0.5, 0.6) is 11.5 Å². The minimum absolute atomic E-state index is 0.398. The van der Waals surface area contributed by atoms with Crippen LogP contribution in [0.25, 0.3) is 0 Å². The smallest absolute Gasteiger partial charge is 0.236 e. The molecular weight excluding hydrogens is 268 g/mol. The van der Waals surface area contributed by atoms with E-state index >= 15 is 0 Å². The number of benzene rings is 1. The van der Waals surface area contributed by atoms with Crippen LogP contribution in [-0.2, 0) is 10.0 Å². The lowest BCUT2D eigenvalue weighted by Gasteiger charge is -2.14. The molecule has 19 heavy (non-hydrogen) atoms. The Morgan fingerprint density at radius 2 is 1.84 bits per heavy atom. The van der Waals surface area contributed by atoms with Crippen LogP contribution in [0.15, 0.2) is 18.2 Å². The Balaban J connectivity index is 2.22. The maximum absolute atomic E-state index is 12.2. The summed E-state index contributed by atoms with van der Waals surface area (Å²) in [4.78, 5) is 0. The Labute approximate surface area is 113 Å². The van der Waals surface area contributed by atoms with Crippen LogP contribution in [0.4, 0.5) is 5.69 Å². The van der Waals surface area contributed by atoms with Gasteiger partial charge in [0.05, 0.1) is 25.2 Å². The Hall–Kier alpha value is -1.47. The Morgan fingerprint density at radius 1 is 1.21 bits per heavy atom. The lowest BCUT2D eigenvalue weighted by atomic mass is 10.3. The van der Waals surface area contributed by atoms with Crippen LogP contribution >= 0.6 is 0 Å². The van der Waals surface area contributed by atoms with E-state index in [9.17, 15) is 8.42 Å². The molecule has 6 nitrogen and oxygen atoms in total. The fraction of sp³-hybridized carbons (Fsp3) is 0.500. The highest BCUT2D eigenvalue weighted by Crippen LogP contribution is 2.27. The van der Waals surface area contributed by atoms with Gasteiger partial charge in [0.15, 0.2) is 0 Å². The minimum Gasteiger partial charge on any atom is -0.497 e. The second-order valence-corrected chi connectivity index (χ2v) is 6.32. The molecule has 1 aromatic rings. The molecule has 2 N–H and O–H groups in total. The van der Waals surface area contributed by atoms with Gasteiger partial charge < -0.3 is 14.8 Å². The highest BCUT2D eigenvalue weighted by Gasteiger charge is 2.28. The zero-order valence-electron chi connectivity index (χ0n) is 11.0. The molecule has 1 atom stereocenters. The average molecular weight is 286 g/mol. The third kappa shape index (κ3) is 3.30. The van der Waals surface area contributed by atoms with Crippen molar-refractivity contribution >= 4 is 15.7 Å². The van der Waals surface area contributed by atoms with Crippen LogP contribution in [0.1, 0.15) is 6.42 Å². The number of rotatable bonds is 5. The predicted octanol–water partition coefficient (Wildman–Crippen LogP) is 0.807. The van der Waals surface area contributed by atoms with Crippen molar-refractivity contribution in [3.05, 3.63) is 18.2 Å². The van der Waals surface area contributed by atoms with Crippen LogP contribution in [0.3, 0.4) is 0 Å². The topological polar surface area (TPSA) is 76.7 Å². The Kier molecular flexibility index (Phi) is 4.16.